The largest absolute Gasteiger partial charge is 0.481 e. The molecule has 1 aromatic rings. The second kappa shape index (κ2) is 8.34. The monoisotopic (exact) mass is 296 g/mol. The molecule has 1 amide bonds. The van der Waals surface area contributed by atoms with Crippen molar-refractivity contribution in [3.8, 4) is 0 Å². The Labute approximate surface area is 123 Å². The minimum Gasteiger partial charge on any atom is -0.481 e. The number of carbonyl (C=O) groups is 2. The van der Waals surface area contributed by atoms with E-state index in [4.69, 9.17) is 5.11 Å². The zero-order valence-corrected chi connectivity index (χ0v) is 12.3. The molecule has 0 aromatic carbocycles. The summed E-state index contributed by atoms with van der Waals surface area (Å²) in [5.41, 5.74) is -0.0795. The molecule has 0 radical (unpaired) electrons. The summed E-state index contributed by atoms with van der Waals surface area (Å²) in [7, 11) is 0. The molecule has 2 N–H and O–H groups in total. The lowest BCUT2D eigenvalue weighted by atomic mass is 9.88. The third-order valence-electron chi connectivity index (χ3n) is 3.48. The molecule has 5 nitrogen and oxygen atoms in total. The Morgan fingerprint density at radius 2 is 2.10 bits per heavy atom. The van der Waals surface area contributed by atoms with Gasteiger partial charge in [0.15, 0.2) is 0 Å². The Hall–Kier alpha value is -1.98. The SMILES string of the molecule is CC(C)C(CCNC(=O)c1cccnc1F)CCC(=O)O. The van der Waals surface area contributed by atoms with Gasteiger partial charge in [0.05, 0.1) is 5.56 Å². The molecule has 0 saturated carbocycles. The molecule has 1 heterocycles. The fraction of sp³-hybridized carbons (Fsp3) is 0.533. The zero-order chi connectivity index (χ0) is 15.8. The molecule has 1 rings (SSSR count). The third kappa shape index (κ3) is 5.89. The molecule has 1 atom stereocenters. The number of rotatable bonds is 8. The lowest BCUT2D eigenvalue weighted by Crippen LogP contribution is -2.28. The molecule has 0 aliphatic rings. The number of pyridine rings is 1. The topological polar surface area (TPSA) is 79.3 Å². The smallest absolute Gasteiger partial charge is 0.303 e. The van der Waals surface area contributed by atoms with E-state index >= 15 is 0 Å². The van der Waals surface area contributed by atoms with E-state index in [0.717, 1.165) is 0 Å². The molecule has 6 heteroatoms. The molecule has 0 spiro atoms. The van der Waals surface area contributed by atoms with Crippen molar-refractivity contribution in [1.29, 1.82) is 0 Å². The molecular weight excluding hydrogens is 275 g/mol. The Kier molecular flexibility index (Phi) is 6.78. The maximum Gasteiger partial charge on any atom is 0.303 e. The molecule has 0 aliphatic carbocycles. The standard InChI is InChI=1S/C15H21FN2O3/c1-10(2)11(5-6-13(19)20)7-9-18-15(21)12-4-3-8-17-14(12)16/h3-4,8,10-11H,5-7,9H2,1-2H3,(H,18,21)(H,19,20). The van der Waals surface area contributed by atoms with Crippen LogP contribution in [0, 0.1) is 17.8 Å². The van der Waals surface area contributed by atoms with E-state index < -0.39 is 17.8 Å². The summed E-state index contributed by atoms with van der Waals surface area (Å²) in [4.78, 5) is 25.8. The summed E-state index contributed by atoms with van der Waals surface area (Å²) >= 11 is 0. The first-order valence-corrected chi connectivity index (χ1v) is 7.02. The highest BCUT2D eigenvalue weighted by Crippen LogP contribution is 2.20. The van der Waals surface area contributed by atoms with Crippen molar-refractivity contribution in [1.82, 2.24) is 10.3 Å². The molecule has 1 aromatic heterocycles. The van der Waals surface area contributed by atoms with Gasteiger partial charge in [0.25, 0.3) is 5.91 Å². The minimum absolute atomic E-state index is 0.0795. The van der Waals surface area contributed by atoms with E-state index in [1.165, 1.54) is 18.3 Å². The van der Waals surface area contributed by atoms with E-state index in [1.807, 2.05) is 13.8 Å². The van der Waals surface area contributed by atoms with Crippen molar-refractivity contribution in [3.63, 3.8) is 0 Å². The number of hydrogen-bond donors (Lipinski definition) is 2. The van der Waals surface area contributed by atoms with Gasteiger partial charge in [-0.05, 0) is 36.8 Å². The Morgan fingerprint density at radius 1 is 1.38 bits per heavy atom. The number of nitrogens with one attached hydrogen (secondary N) is 1. The molecule has 21 heavy (non-hydrogen) atoms. The van der Waals surface area contributed by atoms with Crippen LogP contribution in [0.4, 0.5) is 4.39 Å². The summed E-state index contributed by atoms with van der Waals surface area (Å²) in [6.45, 7) is 4.43. The number of carbonyl (C=O) groups excluding carboxylic acids is 1. The predicted molar refractivity (Wildman–Crippen MR) is 76.3 cm³/mol. The number of aromatic nitrogens is 1. The number of nitrogens with zero attached hydrogens (tertiary/aromatic N) is 1. The van der Waals surface area contributed by atoms with Gasteiger partial charge in [-0.25, -0.2) is 4.98 Å². The van der Waals surface area contributed by atoms with Gasteiger partial charge in [-0.2, -0.15) is 4.39 Å². The minimum atomic E-state index is -0.817. The van der Waals surface area contributed by atoms with Crippen LogP contribution in [-0.4, -0.2) is 28.5 Å². The number of halogens is 1. The lowest BCUT2D eigenvalue weighted by Gasteiger charge is -2.20. The van der Waals surface area contributed by atoms with E-state index in [-0.39, 0.29) is 17.9 Å². The van der Waals surface area contributed by atoms with Crippen LogP contribution in [0.25, 0.3) is 0 Å². The van der Waals surface area contributed by atoms with Crippen molar-refractivity contribution in [2.24, 2.45) is 11.8 Å². The van der Waals surface area contributed by atoms with E-state index in [0.29, 0.717) is 25.3 Å². The first kappa shape index (κ1) is 17.1. The highest BCUT2D eigenvalue weighted by Gasteiger charge is 2.16. The first-order chi connectivity index (χ1) is 9.91. The van der Waals surface area contributed by atoms with Crippen molar-refractivity contribution < 1.29 is 19.1 Å². The molecule has 0 fully saturated rings. The maximum absolute atomic E-state index is 13.3. The van der Waals surface area contributed by atoms with Crippen LogP contribution in [0.2, 0.25) is 0 Å². The summed E-state index contributed by atoms with van der Waals surface area (Å²) < 4.78 is 13.3. The lowest BCUT2D eigenvalue weighted by molar-refractivity contribution is -0.137. The number of amides is 1. The van der Waals surface area contributed by atoms with Crippen LogP contribution in [0.15, 0.2) is 18.3 Å². The summed E-state index contributed by atoms with van der Waals surface area (Å²) in [5.74, 6) is -1.57. The van der Waals surface area contributed by atoms with E-state index in [1.54, 1.807) is 0 Å². The van der Waals surface area contributed by atoms with Gasteiger partial charge in [-0.3, -0.25) is 9.59 Å². The second-order valence-electron chi connectivity index (χ2n) is 5.32. The van der Waals surface area contributed by atoms with Crippen molar-refractivity contribution in [2.45, 2.75) is 33.1 Å². The number of aliphatic carboxylic acids is 1. The highest BCUT2D eigenvalue weighted by atomic mass is 19.1. The average molecular weight is 296 g/mol. The van der Waals surface area contributed by atoms with Gasteiger partial charge in [-0.15, -0.1) is 0 Å². The van der Waals surface area contributed by atoms with Crippen LogP contribution in [-0.2, 0) is 4.79 Å². The summed E-state index contributed by atoms with van der Waals surface area (Å²) in [5, 5.41) is 11.4. The van der Waals surface area contributed by atoms with E-state index in [9.17, 15) is 14.0 Å². The summed E-state index contributed by atoms with van der Waals surface area (Å²) in [6, 6.07) is 2.88. The normalized spacial score (nSPS) is 12.2. The van der Waals surface area contributed by atoms with Crippen LogP contribution >= 0.6 is 0 Å². The van der Waals surface area contributed by atoms with Gasteiger partial charge >= 0.3 is 5.97 Å². The highest BCUT2D eigenvalue weighted by molar-refractivity contribution is 5.94. The van der Waals surface area contributed by atoms with E-state index in [2.05, 4.69) is 10.3 Å². The fourth-order valence-corrected chi connectivity index (χ4v) is 2.14. The number of hydrogen-bond acceptors (Lipinski definition) is 3. The Bertz CT molecular complexity index is 492. The average Bonchev–Trinajstić information content (AvgIpc) is 2.42. The third-order valence-corrected chi connectivity index (χ3v) is 3.48. The maximum atomic E-state index is 13.3. The van der Waals surface area contributed by atoms with Gasteiger partial charge < -0.3 is 10.4 Å². The molecule has 1 unspecified atom stereocenters. The molecule has 0 aliphatic heterocycles. The van der Waals surface area contributed by atoms with Crippen LogP contribution < -0.4 is 5.32 Å². The van der Waals surface area contributed by atoms with Gasteiger partial charge in [0.1, 0.15) is 0 Å². The zero-order valence-electron chi connectivity index (χ0n) is 12.3. The van der Waals surface area contributed by atoms with Crippen molar-refractivity contribution in [3.05, 3.63) is 29.8 Å². The molecule has 0 bridgehead atoms. The van der Waals surface area contributed by atoms with Crippen molar-refractivity contribution in [2.75, 3.05) is 6.54 Å². The molecule has 0 saturated heterocycles. The van der Waals surface area contributed by atoms with Crippen molar-refractivity contribution >= 4 is 11.9 Å². The van der Waals surface area contributed by atoms with Crippen LogP contribution in [0.3, 0.4) is 0 Å². The molecular formula is C15H21FN2O3. The van der Waals surface area contributed by atoms with Gasteiger partial charge in [-0.1, -0.05) is 13.8 Å². The molecule has 116 valence electrons. The van der Waals surface area contributed by atoms with Crippen LogP contribution in [0.1, 0.15) is 43.5 Å². The summed E-state index contributed by atoms with van der Waals surface area (Å²) in [6.07, 6.45) is 2.64. The number of carboxylic acids is 1. The van der Waals surface area contributed by atoms with Gasteiger partial charge in [0, 0.05) is 19.2 Å². The fourth-order valence-electron chi connectivity index (χ4n) is 2.14. The predicted octanol–water partition coefficient (Wildman–Crippen LogP) is 2.48. The quantitative estimate of drug-likeness (QED) is 0.722. The first-order valence-electron chi connectivity index (χ1n) is 7.02. The number of carboxylic acid groups (broad SMARTS) is 1. The van der Waals surface area contributed by atoms with Gasteiger partial charge in [0.2, 0.25) is 5.95 Å². The Morgan fingerprint density at radius 3 is 2.67 bits per heavy atom. The second-order valence-corrected chi connectivity index (χ2v) is 5.32. The Balaban J connectivity index is 2.45. The van der Waals surface area contributed by atoms with Crippen LogP contribution in [0.5, 0.6) is 0 Å².